The largest absolute Gasteiger partial charge is 0.486 e. The number of rotatable bonds is 1. The number of fused-ring (bicyclic) bond motifs is 1. The second kappa shape index (κ2) is 3.13. The summed E-state index contributed by atoms with van der Waals surface area (Å²) in [4.78, 5) is 0. The van der Waals surface area contributed by atoms with E-state index < -0.39 is 0 Å². The Balaban J connectivity index is 2.35. The van der Waals surface area contributed by atoms with Crippen molar-refractivity contribution in [3.8, 4) is 5.75 Å². The van der Waals surface area contributed by atoms with Gasteiger partial charge in [0.2, 0.25) is 0 Å². The quantitative estimate of drug-likeness (QED) is 0.665. The molecule has 1 unspecified atom stereocenters. The SMILES string of the molecule is CCC1C=Cc2cc(N)ccc2O1. The lowest BCUT2D eigenvalue weighted by Crippen LogP contribution is -2.15. The van der Waals surface area contributed by atoms with Crippen molar-refractivity contribution in [2.45, 2.75) is 19.4 Å². The Morgan fingerprint density at radius 1 is 1.46 bits per heavy atom. The van der Waals surface area contributed by atoms with Crippen molar-refractivity contribution in [3.63, 3.8) is 0 Å². The first kappa shape index (κ1) is 8.17. The van der Waals surface area contributed by atoms with Crippen LogP contribution in [-0.2, 0) is 0 Å². The van der Waals surface area contributed by atoms with Crippen molar-refractivity contribution in [3.05, 3.63) is 29.8 Å². The fourth-order valence-electron chi connectivity index (χ4n) is 1.44. The van der Waals surface area contributed by atoms with Crippen LogP contribution >= 0.6 is 0 Å². The van der Waals surface area contributed by atoms with Gasteiger partial charge in [0, 0.05) is 11.3 Å². The Hall–Kier alpha value is -1.44. The van der Waals surface area contributed by atoms with Crippen LogP contribution in [0.1, 0.15) is 18.9 Å². The van der Waals surface area contributed by atoms with E-state index in [0.717, 1.165) is 23.4 Å². The molecule has 0 bridgehead atoms. The van der Waals surface area contributed by atoms with Gasteiger partial charge in [0.15, 0.2) is 0 Å². The highest BCUT2D eigenvalue weighted by molar-refractivity contribution is 5.64. The van der Waals surface area contributed by atoms with Crippen molar-refractivity contribution >= 4 is 11.8 Å². The standard InChI is InChI=1S/C11H13NO/c1-2-10-5-3-8-7-9(12)4-6-11(8)13-10/h3-7,10H,2,12H2,1H3. The van der Waals surface area contributed by atoms with Crippen LogP contribution in [0, 0.1) is 0 Å². The van der Waals surface area contributed by atoms with Gasteiger partial charge in [-0.3, -0.25) is 0 Å². The molecule has 0 aromatic heterocycles. The van der Waals surface area contributed by atoms with Gasteiger partial charge in [-0.25, -0.2) is 0 Å². The summed E-state index contributed by atoms with van der Waals surface area (Å²) in [5.41, 5.74) is 7.51. The van der Waals surface area contributed by atoms with Crippen molar-refractivity contribution in [2.24, 2.45) is 0 Å². The summed E-state index contributed by atoms with van der Waals surface area (Å²) >= 11 is 0. The Labute approximate surface area is 78.0 Å². The summed E-state index contributed by atoms with van der Waals surface area (Å²) in [6, 6.07) is 5.72. The molecule has 0 spiro atoms. The van der Waals surface area contributed by atoms with Crippen LogP contribution in [-0.4, -0.2) is 6.10 Å². The molecule has 1 aromatic rings. The van der Waals surface area contributed by atoms with E-state index in [2.05, 4.69) is 19.1 Å². The molecular formula is C11H13NO. The van der Waals surface area contributed by atoms with Crippen LogP contribution in [0.4, 0.5) is 5.69 Å². The average Bonchev–Trinajstić information content (AvgIpc) is 2.17. The van der Waals surface area contributed by atoms with Gasteiger partial charge in [0.25, 0.3) is 0 Å². The van der Waals surface area contributed by atoms with E-state index >= 15 is 0 Å². The lowest BCUT2D eigenvalue weighted by atomic mass is 10.1. The second-order valence-electron chi connectivity index (χ2n) is 3.22. The molecule has 2 nitrogen and oxygen atoms in total. The molecular weight excluding hydrogens is 162 g/mol. The molecule has 1 heterocycles. The molecule has 1 aromatic carbocycles. The van der Waals surface area contributed by atoms with Crippen LogP contribution in [0.25, 0.3) is 6.08 Å². The first-order chi connectivity index (χ1) is 6.29. The average molecular weight is 175 g/mol. The lowest BCUT2D eigenvalue weighted by molar-refractivity contribution is 0.241. The Morgan fingerprint density at radius 3 is 3.08 bits per heavy atom. The maximum atomic E-state index is 5.69. The summed E-state index contributed by atoms with van der Waals surface area (Å²) in [6.45, 7) is 2.11. The highest BCUT2D eigenvalue weighted by Crippen LogP contribution is 2.28. The van der Waals surface area contributed by atoms with E-state index in [4.69, 9.17) is 10.5 Å². The summed E-state index contributed by atoms with van der Waals surface area (Å²) in [5, 5.41) is 0. The maximum Gasteiger partial charge on any atom is 0.127 e. The molecule has 0 saturated carbocycles. The molecule has 13 heavy (non-hydrogen) atoms. The minimum Gasteiger partial charge on any atom is -0.486 e. The highest BCUT2D eigenvalue weighted by Gasteiger charge is 2.12. The molecule has 68 valence electrons. The zero-order chi connectivity index (χ0) is 9.26. The molecule has 0 amide bonds. The Morgan fingerprint density at radius 2 is 2.31 bits per heavy atom. The molecule has 1 aliphatic heterocycles. The highest BCUT2D eigenvalue weighted by atomic mass is 16.5. The van der Waals surface area contributed by atoms with Crippen molar-refractivity contribution in [2.75, 3.05) is 5.73 Å². The van der Waals surface area contributed by atoms with Gasteiger partial charge in [-0.15, -0.1) is 0 Å². The van der Waals surface area contributed by atoms with Crippen LogP contribution in [0.15, 0.2) is 24.3 Å². The van der Waals surface area contributed by atoms with Gasteiger partial charge >= 0.3 is 0 Å². The van der Waals surface area contributed by atoms with E-state index in [1.54, 1.807) is 0 Å². The second-order valence-corrected chi connectivity index (χ2v) is 3.22. The fraction of sp³-hybridized carbons (Fsp3) is 0.273. The van der Waals surface area contributed by atoms with Crippen molar-refractivity contribution in [1.82, 2.24) is 0 Å². The van der Waals surface area contributed by atoms with Crippen LogP contribution in [0.3, 0.4) is 0 Å². The number of nitrogens with two attached hydrogens (primary N) is 1. The minimum absolute atomic E-state index is 0.219. The fourth-order valence-corrected chi connectivity index (χ4v) is 1.44. The first-order valence-corrected chi connectivity index (χ1v) is 4.54. The molecule has 2 heteroatoms. The normalized spacial score (nSPS) is 19.3. The molecule has 0 saturated heterocycles. The van der Waals surface area contributed by atoms with E-state index in [1.165, 1.54) is 0 Å². The van der Waals surface area contributed by atoms with Gasteiger partial charge in [-0.05, 0) is 30.7 Å². The Bertz CT molecular complexity index is 344. The van der Waals surface area contributed by atoms with E-state index in [-0.39, 0.29) is 6.10 Å². The molecule has 1 atom stereocenters. The molecule has 0 fully saturated rings. The van der Waals surface area contributed by atoms with Crippen LogP contribution < -0.4 is 10.5 Å². The van der Waals surface area contributed by atoms with Gasteiger partial charge in [-0.2, -0.15) is 0 Å². The third kappa shape index (κ3) is 1.52. The van der Waals surface area contributed by atoms with E-state index in [0.29, 0.717) is 0 Å². The number of hydrogen-bond donors (Lipinski definition) is 1. The minimum atomic E-state index is 0.219. The van der Waals surface area contributed by atoms with Gasteiger partial charge in [0.05, 0.1) is 0 Å². The molecule has 0 aliphatic carbocycles. The van der Waals surface area contributed by atoms with Crippen molar-refractivity contribution < 1.29 is 4.74 Å². The van der Waals surface area contributed by atoms with Gasteiger partial charge < -0.3 is 10.5 Å². The summed E-state index contributed by atoms with van der Waals surface area (Å²) in [6.07, 6.45) is 5.36. The molecule has 2 N–H and O–H groups in total. The van der Waals surface area contributed by atoms with Gasteiger partial charge in [0.1, 0.15) is 11.9 Å². The first-order valence-electron chi connectivity index (χ1n) is 4.54. The number of hydrogen-bond acceptors (Lipinski definition) is 2. The van der Waals surface area contributed by atoms with E-state index in [1.807, 2.05) is 18.2 Å². The molecule has 0 radical (unpaired) electrons. The topological polar surface area (TPSA) is 35.2 Å². The third-order valence-electron chi connectivity index (χ3n) is 2.20. The zero-order valence-corrected chi connectivity index (χ0v) is 7.66. The number of ether oxygens (including phenoxy) is 1. The van der Waals surface area contributed by atoms with Crippen LogP contribution in [0.5, 0.6) is 5.75 Å². The van der Waals surface area contributed by atoms with E-state index in [9.17, 15) is 0 Å². The Kier molecular flexibility index (Phi) is 1.97. The summed E-state index contributed by atoms with van der Waals surface area (Å²) in [7, 11) is 0. The number of benzene rings is 1. The maximum absolute atomic E-state index is 5.69. The third-order valence-corrected chi connectivity index (χ3v) is 2.20. The molecule has 1 aliphatic rings. The van der Waals surface area contributed by atoms with Gasteiger partial charge in [-0.1, -0.05) is 13.0 Å². The molecule has 2 rings (SSSR count). The predicted octanol–water partition coefficient (Wildman–Crippen LogP) is 2.45. The number of anilines is 1. The lowest BCUT2D eigenvalue weighted by Gasteiger charge is -2.20. The zero-order valence-electron chi connectivity index (χ0n) is 7.66. The van der Waals surface area contributed by atoms with Crippen LogP contribution in [0.2, 0.25) is 0 Å². The van der Waals surface area contributed by atoms with Crippen molar-refractivity contribution in [1.29, 1.82) is 0 Å². The monoisotopic (exact) mass is 175 g/mol. The summed E-state index contributed by atoms with van der Waals surface area (Å²) < 4.78 is 5.69. The smallest absolute Gasteiger partial charge is 0.127 e. The number of nitrogen functional groups attached to an aromatic ring is 1. The predicted molar refractivity (Wildman–Crippen MR) is 54.6 cm³/mol. The summed E-state index contributed by atoms with van der Waals surface area (Å²) in [5.74, 6) is 0.934.